The number of nitrogens with zero attached hydrogens (tertiary/aromatic N) is 2. The number of nitrogens with one attached hydrogen (secondary N) is 1. The van der Waals surface area contributed by atoms with Crippen molar-refractivity contribution in [2.75, 3.05) is 18.4 Å². The lowest BCUT2D eigenvalue weighted by Gasteiger charge is -2.31. The molecule has 35 heavy (non-hydrogen) atoms. The van der Waals surface area contributed by atoms with Gasteiger partial charge in [-0.05, 0) is 62.1 Å². The first kappa shape index (κ1) is 24.8. The Labute approximate surface area is 204 Å². The molecule has 2 aromatic carbocycles. The molecule has 0 aliphatic carbocycles. The quantitative estimate of drug-likeness (QED) is 0.502. The van der Waals surface area contributed by atoms with Gasteiger partial charge in [0.1, 0.15) is 11.5 Å². The van der Waals surface area contributed by atoms with Crippen LogP contribution in [0.3, 0.4) is 0 Å². The van der Waals surface area contributed by atoms with Crippen molar-refractivity contribution in [3.8, 4) is 0 Å². The number of benzene rings is 2. The Morgan fingerprint density at radius 2 is 2.03 bits per heavy atom. The van der Waals surface area contributed by atoms with Crippen molar-refractivity contribution >= 4 is 33.8 Å². The van der Waals surface area contributed by atoms with Crippen molar-refractivity contribution < 1.29 is 22.1 Å². The SMILES string of the molecule is CCc1cccc(NC(=O)C2CCCN(S(=O)(=O)c3c(C)noc3/C=C/c3ccccc3F)C2)c1. The zero-order chi connectivity index (χ0) is 25.0. The second-order valence-electron chi connectivity index (χ2n) is 8.56. The lowest BCUT2D eigenvalue weighted by atomic mass is 9.98. The fourth-order valence-electron chi connectivity index (χ4n) is 4.19. The molecule has 1 amide bonds. The van der Waals surface area contributed by atoms with Gasteiger partial charge in [-0.25, -0.2) is 12.8 Å². The number of aromatic nitrogens is 1. The molecule has 0 saturated carbocycles. The first-order valence-corrected chi connectivity index (χ1v) is 13.0. The van der Waals surface area contributed by atoms with Gasteiger partial charge in [0.15, 0.2) is 10.7 Å². The van der Waals surface area contributed by atoms with Crippen LogP contribution in [-0.4, -0.2) is 36.9 Å². The molecule has 9 heteroatoms. The smallest absolute Gasteiger partial charge is 0.248 e. The van der Waals surface area contributed by atoms with Crippen molar-refractivity contribution in [3.63, 3.8) is 0 Å². The minimum absolute atomic E-state index is 0.0220. The first-order chi connectivity index (χ1) is 16.8. The standard InChI is InChI=1S/C26H28FN3O4S/c1-3-19-8-6-11-22(16-19)28-26(31)21-10-7-15-30(17-21)35(32,33)25-18(2)29-34-24(25)14-13-20-9-4-5-12-23(20)27/h4-6,8-9,11-14,16,21H,3,7,10,15,17H2,1-2H3,(H,28,31)/b14-13+. The second-order valence-corrected chi connectivity index (χ2v) is 10.4. The van der Waals surface area contributed by atoms with E-state index < -0.39 is 21.8 Å². The molecule has 0 bridgehead atoms. The molecule has 3 aromatic rings. The van der Waals surface area contributed by atoms with Crippen molar-refractivity contribution in [1.29, 1.82) is 0 Å². The summed E-state index contributed by atoms with van der Waals surface area (Å²) in [6, 6.07) is 13.8. The molecular formula is C26H28FN3O4S. The van der Waals surface area contributed by atoms with Crippen LogP contribution in [0.15, 0.2) is 57.9 Å². The topological polar surface area (TPSA) is 92.5 Å². The molecule has 2 heterocycles. The Morgan fingerprint density at radius 1 is 1.23 bits per heavy atom. The van der Waals surface area contributed by atoms with Crippen LogP contribution in [0.1, 0.15) is 42.3 Å². The maximum Gasteiger partial charge on any atom is 0.248 e. The summed E-state index contributed by atoms with van der Waals surface area (Å²) in [5, 5.41) is 6.76. The van der Waals surface area contributed by atoms with Crippen LogP contribution in [0.2, 0.25) is 0 Å². The molecule has 1 aromatic heterocycles. The number of hydrogen-bond donors (Lipinski definition) is 1. The number of carbonyl (C=O) groups excluding carboxylic acids is 1. The third-order valence-corrected chi connectivity index (χ3v) is 8.13. The number of halogens is 1. The molecule has 1 unspecified atom stereocenters. The van der Waals surface area contributed by atoms with E-state index in [1.807, 2.05) is 31.2 Å². The van der Waals surface area contributed by atoms with Gasteiger partial charge in [0, 0.05) is 24.3 Å². The van der Waals surface area contributed by atoms with E-state index in [1.165, 1.54) is 22.5 Å². The summed E-state index contributed by atoms with van der Waals surface area (Å²) < 4.78 is 47.7. The maximum atomic E-state index is 14.0. The molecule has 7 nitrogen and oxygen atoms in total. The third kappa shape index (κ3) is 5.52. The zero-order valence-electron chi connectivity index (χ0n) is 19.7. The van der Waals surface area contributed by atoms with Crippen LogP contribution in [0.5, 0.6) is 0 Å². The van der Waals surface area contributed by atoms with Gasteiger partial charge in [-0.3, -0.25) is 4.79 Å². The molecule has 184 valence electrons. The van der Waals surface area contributed by atoms with Gasteiger partial charge in [0.25, 0.3) is 0 Å². The zero-order valence-corrected chi connectivity index (χ0v) is 20.5. The monoisotopic (exact) mass is 497 g/mol. The van der Waals surface area contributed by atoms with Crippen LogP contribution in [0, 0.1) is 18.7 Å². The normalized spacial score (nSPS) is 17.1. The average Bonchev–Trinajstić information content (AvgIpc) is 3.24. The molecule has 1 fully saturated rings. The summed E-state index contributed by atoms with van der Waals surface area (Å²) in [5.74, 6) is -1.10. The highest BCUT2D eigenvalue weighted by molar-refractivity contribution is 7.89. The fraction of sp³-hybridized carbons (Fsp3) is 0.308. The molecular weight excluding hydrogens is 469 g/mol. The fourth-order valence-corrected chi connectivity index (χ4v) is 5.97. The van der Waals surface area contributed by atoms with E-state index in [-0.39, 0.29) is 28.8 Å². The van der Waals surface area contributed by atoms with E-state index in [1.54, 1.807) is 25.1 Å². The molecule has 0 radical (unpaired) electrons. The van der Waals surface area contributed by atoms with E-state index in [0.717, 1.165) is 12.0 Å². The number of sulfonamides is 1. The van der Waals surface area contributed by atoms with Crippen LogP contribution < -0.4 is 5.32 Å². The summed E-state index contributed by atoms with van der Waals surface area (Å²) >= 11 is 0. The minimum atomic E-state index is -3.99. The van der Waals surface area contributed by atoms with Crippen LogP contribution >= 0.6 is 0 Å². The van der Waals surface area contributed by atoms with E-state index in [4.69, 9.17) is 4.52 Å². The highest BCUT2D eigenvalue weighted by atomic mass is 32.2. The van der Waals surface area contributed by atoms with Crippen molar-refractivity contribution in [2.24, 2.45) is 5.92 Å². The molecule has 1 N–H and O–H groups in total. The first-order valence-electron chi connectivity index (χ1n) is 11.6. The number of aryl methyl sites for hydroxylation is 2. The van der Waals surface area contributed by atoms with E-state index >= 15 is 0 Å². The summed E-state index contributed by atoms with van der Waals surface area (Å²) in [7, 11) is -3.99. The summed E-state index contributed by atoms with van der Waals surface area (Å²) in [6.07, 6.45) is 4.85. The average molecular weight is 498 g/mol. The Bertz CT molecular complexity index is 1350. The van der Waals surface area contributed by atoms with Gasteiger partial charge in [0.05, 0.1) is 5.92 Å². The molecule has 0 spiro atoms. The molecule has 1 saturated heterocycles. The Kier molecular flexibility index (Phi) is 7.47. The largest absolute Gasteiger partial charge is 0.355 e. The lowest BCUT2D eigenvalue weighted by Crippen LogP contribution is -2.43. The molecule has 4 rings (SSSR count). The summed E-state index contributed by atoms with van der Waals surface area (Å²) in [5.41, 5.74) is 2.31. The van der Waals surface area contributed by atoms with Crippen molar-refractivity contribution in [3.05, 3.63) is 76.9 Å². The van der Waals surface area contributed by atoms with Gasteiger partial charge >= 0.3 is 0 Å². The number of amides is 1. The Morgan fingerprint density at radius 3 is 2.80 bits per heavy atom. The van der Waals surface area contributed by atoms with Crippen LogP contribution in [-0.2, 0) is 21.2 Å². The third-order valence-electron chi connectivity index (χ3n) is 6.11. The number of piperidine rings is 1. The molecule has 1 atom stereocenters. The minimum Gasteiger partial charge on any atom is -0.355 e. The number of anilines is 1. The van der Waals surface area contributed by atoms with E-state index in [9.17, 15) is 17.6 Å². The van der Waals surface area contributed by atoms with Crippen molar-refractivity contribution in [1.82, 2.24) is 9.46 Å². The predicted molar refractivity (Wildman–Crippen MR) is 133 cm³/mol. The maximum absolute atomic E-state index is 14.0. The van der Waals surface area contributed by atoms with E-state index in [0.29, 0.717) is 30.6 Å². The molecule has 1 aliphatic rings. The Hall–Kier alpha value is -3.30. The van der Waals surface area contributed by atoms with Crippen molar-refractivity contribution in [2.45, 2.75) is 38.0 Å². The highest BCUT2D eigenvalue weighted by Crippen LogP contribution is 2.30. The number of rotatable bonds is 7. The van der Waals surface area contributed by atoms with Crippen LogP contribution in [0.4, 0.5) is 10.1 Å². The predicted octanol–water partition coefficient (Wildman–Crippen LogP) is 4.89. The number of hydrogen-bond acceptors (Lipinski definition) is 5. The van der Waals surface area contributed by atoms with Gasteiger partial charge < -0.3 is 9.84 Å². The van der Waals surface area contributed by atoms with Gasteiger partial charge in [-0.2, -0.15) is 4.31 Å². The molecule has 1 aliphatic heterocycles. The highest BCUT2D eigenvalue weighted by Gasteiger charge is 2.37. The van der Waals surface area contributed by atoms with E-state index in [2.05, 4.69) is 10.5 Å². The summed E-state index contributed by atoms with van der Waals surface area (Å²) in [6.45, 7) is 3.93. The summed E-state index contributed by atoms with van der Waals surface area (Å²) in [4.78, 5) is 12.9. The second kappa shape index (κ2) is 10.5. The van der Waals surface area contributed by atoms with Crippen LogP contribution in [0.25, 0.3) is 12.2 Å². The number of carbonyl (C=O) groups is 1. The lowest BCUT2D eigenvalue weighted by molar-refractivity contribution is -0.120. The van der Waals surface area contributed by atoms with Gasteiger partial charge in [0.2, 0.25) is 15.9 Å². The Balaban J connectivity index is 1.53. The van der Waals surface area contributed by atoms with Gasteiger partial charge in [-0.1, -0.05) is 42.4 Å². The van der Waals surface area contributed by atoms with Gasteiger partial charge in [-0.15, -0.1) is 0 Å².